The Labute approximate surface area is 190 Å². The van der Waals surface area contributed by atoms with Crippen molar-refractivity contribution in [3.05, 3.63) is 58.6 Å². The zero-order valence-corrected chi connectivity index (χ0v) is 18.7. The predicted octanol–water partition coefficient (Wildman–Crippen LogP) is 2.62. The van der Waals surface area contributed by atoms with Crippen LogP contribution < -0.4 is 15.6 Å². The smallest absolute Gasteiger partial charge is 0.276 e. The maximum absolute atomic E-state index is 12.7. The van der Waals surface area contributed by atoms with Gasteiger partial charge in [-0.25, -0.2) is 8.42 Å². The summed E-state index contributed by atoms with van der Waals surface area (Å²) in [7, 11) is -3.64. The first kappa shape index (κ1) is 23.3. The first-order valence-electron chi connectivity index (χ1n) is 9.48. The Bertz CT molecular complexity index is 1020. The second-order valence-electron chi connectivity index (χ2n) is 6.91. The van der Waals surface area contributed by atoms with Gasteiger partial charge in [-0.05, 0) is 61.4 Å². The number of carbonyl (C=O) groups is 2. The zero-order valence-electron chi connectivity index (χ0n) is 16.4. The Morgan fingerprint density at radius 3 is 2.06 bits per heavy atom. The molecule has 0 aromatic heterocycles. The molecule has 0 saturated carbocycles. The van der Waals surface area contributed by atoms with Crippen molar-refractivity contribution < 1.29 is 22.7 Å². The van der Waals surface area contributed by atoms with Crippen molar-refractivity contribution in [2.45, 2.75) is 17.7 Å². The quantitative estimate of drug-likeness (QED) is 0.611. The van der Waals surface area contributed by atoms with Gasteiger partial charge in [0.1, 0.15) is 5.75 Å². The molecule has 0 spiro atoms. The van der Waals surface area contributed by atoms with Crippen LogP contribution in [0.1, 0.15) is 12.8 Å². The van der Waals surface area contributed by atoms with Crippen LogP contribution in [0, 0.1) is 5.92 Å². The second kappa shape index (κ2) is 10.3. The fourth-order valence-corrected chi connectivity index (χ4v) is 4.78. The lowest BCUT2D eigenvalue weighted by Gasteiger charge is -2.30. The Kier molecular flexibility index (Phi) is 7.77. The van der Waals surface area contributed by atoms with Gasteiger partial charge in [-0.1, -0.05) is 23.2 Å². The molecule has 31 heavy (non-hydrogen) atoms. The van der Waals surface area contributed by atoms with Crippen molar-refractivity contribution in [2.75, 3.05) is 19.7 Å². The van der Waals surface area contributed by atoms with E-state index >= 15 is 0 Å². The minimum absolute atomic E-state index is 0.160. The summed E-state index contributed by atoms with van der Waals surface area (Å²) >= 11 is 11.6. The summed E-state index contributed by atoms with van der Waals surface area (Å²) in [6.07, 6.45) is 0.686. The van der Waals surface area contributed by atoms with Gasteiger partial charge in [0, 0.05) is 29.1 Å². The molecule has 2 aromatic rings. The van der Waals surface area contributed by atoms with Crippen molar-refractivity contribution in [1.82, 2.24) is 15.2 Å². The lowest BCUT2D eigenvalue weighted by molar-refractivity contribution is -0.132. The number of rotatable bonds is 6. The molecule has 1 heterocycles. The standard InChI is InChI=1S/C20H21Cl2N3O5S/c21-15-1-5-17(6-2-15)30-13-19(26)23-24-20(27)14-9-11-25(12-10-14)31(28,29)18-7-3-16(22)4-8-18/h1-8,14H,9-13H2,(H,23,26)(H,24,27). The minimum atomic E-state index is -3.64. The average molecular weight is 486 g/mol. The molecule has 1 fully saturated rings. The number of carbonyl (C=O) groups excluding carboxylic acids is 2. The van der Waals surface area contributed by atoms with Crippen LogP contribution in [0.5, 0.6) is 5.75 Å². The van der Waals surface area contributed by atoms with E-state index in [1.165, 1.54) is 28.6 Å². The van der Waals surface area contributed by atoms with Gasteiger partial charge in [-0.2, -0.15) is 4.31 Å². The molecule has 1 aliphatic rings. The van der Waals surface area contributed by atoms with Crippen LogP contribution in [0.3, 0.4) is 0 Å². The van der Waals surface area contributed by atoms with Crippen molar-refractivity contribution in [3.8, 4) is 5.75 Å². The third-order valence-corrected chi connectivity index (χ3v) is 7.20. The van der Waals surface area contributed by atoms with E-state index in [-0.39, 0.29) is 30.5 Å². The summed E-state index contributed by atoms with van der Waals surface area (Å²) in [5.74, 6) is -0.830. The van der Waals surface area contributed by atoms with Gasteiger partial charge in [0.05, 0.1) is 4.90 Å². The van der Waals surface area contributed by atoms with Crippen LogP contribution in [0.25, 0.3) is 0 Å². The Morgan fingerprint density at radius 2 is 1.48 bits per heavy atom. The molecular weight excluding hydrogens is 465 g/mol. The lowest BCUT2D eigenvalue weighted by Crippen LogP contribution is -2.49. The van der Waals surface area contributed by atoms with E-state index in [1.807, 2.05) is 0 Å². The number of piperidine rings is 1. The van der Waals surface area contributed by atoms with E-state index in [2.05, 4.69) is 10.9 Å². The van der Waals surface area contributed by atoms with Gasteiger partial charge >= 0.3 is 0 Å². The molecule has 0 radical (unpaired) electrons. The Morgan fingerprint density at radius 1 is 0.935 bits per heavy atom. The molecule has 2 N–H and O–H groups in total. The zero-order chi connectivity index (χ0) is 22.4. The molecule has 0 unspecified atom stereocenters. The molecule has 11 heteroatoms. The number of nitrogens with one attached hydrogen (secondary N) is 2. The van der Waals surface area contributed by atoms with E-state index in [1.54, 1.807) is 24.3 Å². The summed E-state index contributed by atoms with van der Waals surface area (Å²) < 4.78 is 32.0. The lowest BCUT2D eigenvalue weighted by atomic mass is 9.98. The second-order valence-corrected chi connectivity index (χ2v) is 9.72. The topological polar surface area (TPSA) is 105 Å². The van der Waals surface area contributed by atoms with Crippen molar-refractivity contribution in [3.63, 3.8) is 0 Å². The van der Waals surface area contributed by atoms with Crippen molar-refractivity contribution in [1.29, 1.82) is 0 Å². The summed E-state index contributed by atoms with van der Waals surface area (Å²) in [4.78, 5) is 24.3. The first-order chi connectivity index (χ1) is 14.8. The van der Waals surface area contributed by atoms with Crippen molar-refractivity contribution in [2.24, 2.45) is 5.92 Å². The van der Waals surface area contributed by atoms with Crippen LogP contribution in [-0.2, 0) is 19.6 Å². The highest BCUT2D eigenvalue weighted by Crippen LogP contribution is 2.24. The fourth-order valence-electron chi connectivity index (χ4n) is 3.06. The highest BCUT2D eigenvalue weighted by molar-refractivity contribution is 7.89. The summed E-state index contributed by atoms with van der Waals surface area (Å²) in [5, 5.41) is 1.01. The molecule has 2 aromatic carbocycles. The van der Waals surface area contributed by atoms with E-state index in [0.29, 0.717) is 28.6 Å². The monoisotopic (exact) mass is 485 g/mol. The van der Waals surface area contributed by atoms with E-state index < -0.39 is 21.8 Å². The molecule has 2 amide bonds. The SMILES string of the molecule is O=C(COc1ccc(Cl)cc1)NNC(=O)C1CCN(S(=O)(=O)c2ccc(Cl)cc2)CC1. The van der Waals surface area contributed by atoms with E-state index in [0.717, 1.165) is 0 Å². The largest absolute Gasteiger partial charge is 0.484 e. The number of nitrogens with zero attached hydrogens (tertiary/aromatic N) is 1. The van der Waals surface area contributed by atoms with Gasteiger partial charge in [-0.3, -0.25) is 20.4 Å². The molecule has 166 valence electrons. The highest BCUT2D eigenvalue weighted by Gasteiger charge is 2.32. The molecule has 1 saturated heterocycles. The molecule has 0 bridgehead atoms. The number of sulfonamides is 1. The third kappa shape index (κ3) is 6.33. The summed E-state index contributed by atoms with van der Waals surface area (Å²) in [6.45, 7) is 0.132. The molecule has 0 atom stereocenters. The predicted molar refractivity (Wildman–Crippen MR) is 116 cm³/mol. The number of hydrogen-bond acceptors (Lipinski definition) is 5. The van der Waals surface area contributed by atoms with Crippen LogP contribution in [-0.4, -0.2) is 44.2 Å². The van der Waals surface area contributed by atoms with Gasteiger partial charge in [-0.15, -0.1) is 0 Å². The average Bonchev–Trinajstić information content (AvgIpc) is 2.77. The Hall–Kier alpha value is -2.33. The van der Waals surface area contributed by atoms with Crippen molar-refractivity contribution >= 4 is 45.0 Å². The van der Waals surface area contributed by atoms with Crippen LogP contribution in [0.2, 0.25) is 10.0 Å². The number of halogens is 2. The van der Waals surface area contributed by atoms with Gasteiger partial charge in [0.15, 0.2) is 6.61 Å². The van der Waals surface area contributed by atoms with E-state index in [9.17, 15) is 18.0 Å². The number of amides is 2. The molecule has 3 rings (SSSR count). The molecule has 0 aliphatic carbocycles. The summed E-state index contributed by atoms with van der Waals surface area (Å²) in [5.41, 5.74) is 4.67. The van der Waals surface area contributed by atoms with E-state index in [4.69, 9.17) is 27.9 Å². The minimum Gasteiger partial charge on any atom is -0.484 e. The molecule has 1 aliphatic heterocycles. The normalized spacial score (nSPS) is 15.3. The fraction of sp³-hybridized carbons (Fsp3) is 0.300. The number of benzene rings is 2. The number of hydrazine groups is 1. The van der Waals surface area contributed by atoms with Crippen LogP contribution >= 0.6 is 23.2 Å². The first-order valence-corrected chi connectivity index (χ1v) is 11.7. The summed E-state index contributed by atoms with van der Waals surface area (Å²) in [6, 6.07) is 12.5. The number of ether oxygens (including phenoxy) is 1. The highest BCUT2D eigenvalue weighted by atomic mass is 35.5. The van der Waals surface area contributed by atoms with Gasteiger partial charge < -0.3 is 4.74 Å². The Balaban J connectivity index is 1.43. The maximum atomic E-state index is 12.7. The van der Waals surface area contributed by atoms with Gasteiger partial charge in [0.2, 0.25) is 15.9 Å². The molecule has 8 nitrogen and oxygen atoms in total. The molecular formula is C20H21Cl2N3O5S. The number of hydrogen-bond donors (Lipinski definition) is 2. The van der Waals surface area contributed by atoms with Crippen LogP contribution in [0.15, 0.2) is 53.4 Å². The third-order valence-electron chi connectivity index (χ3n) is 4.78. The van der Waals surface area contributed by atoms with Crippen LogP contribution in [0.4, 0.5) is 0 Å². The van der Waals surface area contributed by atoms with Gasteiger partial charge in [0.25, 0.3) is 5.91 Å². The maximum Gasteiger partial charge on any atom is 0.276 e.